The van der Waals surface area contributed by atoms with Gasteiger partial charge in [0.05, 0.1) is 11.6 Å². The zero-order chi connectivity index (χ0) is 9.80. The molecule has 4 heteroatoms. The van der Waals surface area contributed by atoms with Crippen molar-refractivity contribution in [3.63, 3.8) is 0 Å². The fourth-order valence-corrected chi connectivity index (χ4v) is 1.40. The van der Waals surface area contributed by atoms with Crippen molar-refractivity contribution >= 4 is 12.6 Å². The molecule has 70 valence electrons. The lowest BCUT2D eigenvalue weighted by Gasteiger charge is -2.19. The molecule has 0 aliphatic carbocycles. The lowest BCUT2D eigenvalue weighted by atomic mass is 9.78. The summed E-state index contributed by atoms with van der Waals surface area (Å²) in [5.41, 5.74) is 1.63. The van der Waals surface area contributed by atoms with Crippen molar-refractivity contribution in [3.8, 4) is 6.07 Å². The highest BCUT2D eigenvalue weighted by Crippen LogP contribution is 2.03. The van der Waals surface area contributed by atoms with Crippen molar-refractivity contribution < 1.29 is 9.31 Å². The van der Waals surface area contributed by atoms with Crippen LogP contribution < -0.4 is 5.46 Å². The molecule has 1 fully saturated rings. The van der Waals surface area contributed by atoms with Gasteiger partial charge < -0.3 is 9.31 Å². The predicted molar refractivity (Wildman–Crippen MR) is 53.1 cm³/mol. The van der Waals surface area contributed by atoms with Gasteiger partial charge in [0.1, 0.15) is 0 Å². The third-order valence-corrected chi connectivity index (χ3v) is 2.14. The zero-order valence-electron chi connectivity index (χ0n) is 7.77. The average Bonchev–Trinajstić information content (AvgIpc) is 2.30. The molecule has 1 aliphatic rings. The normalized spacial score (nSPS) is 16.4. The minimum Gasteiger partial charge on any atom is -0.407 e. The first-order valence-electron chi connectivity index (χ1n) is 4.63. The maximum atomic E-state index is 8.63. The van der Waals surface area contributed by atoms with Crippen LogP contribution in [0.3, 0.4) is 0 Å². The van der Waals surface area contributed by atoms with Crippen LogP contribution >= 0.6 is 0 Å². The first-order chi connectivity index (χ1) is 6.90. The highest BCUT2D eigenvalue weighted by atomic mass is 16.6. The van der Waals surface area contributed by atoms with Crippen molar-refractivity contribution in [1.29, 1.82) is 5.26 Å². The van der Waals surface area contributed by atoms with E-state index in [0.29, 0.717) is 5.56 Å². The predicted octanol–water partition coefficient (Wildman–Crippen LogP) is 0.690. The Morgan fingerprint density at radius 1 is 1.14 bits per heavy atom. The van der Waals surface area contributed by atoms with Crippen LogP contribution in [0.5, 0.6) is 0 Å². The van der Waals surface area contributed by atoms with E-state index >= 15 is 0 Å². The Labute approximate surface area is 83.4 Å². The molecule has 0 atom stereocenters. The summed E-state index contributed by atoms with van der Waals surface area (Å²) >= 11 is 0. The van der Waals surface area contributed by atoms with Crippen LogP contribution in [0.2, 0.25) is 0 Å². The van der Waals surface area contributed by atoms with Crippen LogP contribution in [-0.2, 0) is 9.31 Å². The summed E-state index contributed by atoms with van der Waals surface area (Å²) < 4.78 is 10.9. The van der Waals surface area contributed by atoms with E-state index in [1.165, 1.54) is 0 Å². The third kappa shape index (κ3) is 1.95. The average molecular weight is 187 g/mol. The SMILES string of the molecule is N#Cc1ccc(B2OCCCO2)cc1. The molecule has 0 radical (unpaired) electrons. The molecule has 1 saturated heterocycles. The summed E-state index contributed by atoms with van der Waals surface area (Å²) in [5.74, 6) is 0. The molecule has 14 heavy (non-hydrogen) atoms. The van der Waals surface area contributed by atoms with Gasteiger partial charge in [0.25, 0.3) is 0 Å². The van der Waals surface area contributed by atoms with Gasteiger partial charge in [-0.1, -0.05) is 12.1 Å². The maximum absolute atomic E-state index is 8.63. The molecule has 0 aromatic heterocycles. The molecule has 3 nitrogen and oxygen atoms in total. The number of hydrogen-bond acceptors (Lipinski definition) is 3. The van der Waals surface area contributed by atoms with Gasteiger partial charge in [-0.25, -0.2) is 0 Å². The van der Waals surface area contributed by atoms with Crippen LogP contribution in [0, 0.1) is 11.3 Å². The first kappa shape index (κ1) is 9.26. The van der Waals surface area contributed by atoms with Gasteiger partial charge >= 0.3 is 7.12 Å². The van der Waals surface area contributed by atoms with E-state index in [-0.39, 0.29) is 7.12 Å². The lowest BCUT2D eigenvalue weighted by molar-refractivity contribution is 0.143. The number of rotatable bonds is 1. The fourth-order valence-electron chi connectivity index (χ4n) is 1.40. The number of benzene rings is 1. The van der Waals surface area contributed by atoms with Crippen molar-refractivity contribution in [2.24, 2.45) is 0 Å². The highest BCUT2D eigenvalue weighted by molar-refractivity contribution is 6.61. The molecule has 0 unspecified atom stereocenters. The van der Waals surface area contributed by atoms with E-state index in [4.69, 9.17) is 14.6 Å². The molecule has 1 aromatic carbocycles. The minimum absolute atomic E-state index is 0.253. The van der Waals surface area contributed by atoms with E-state index in [9.17, 15) is 0 Å². The van der Waals surface area contributed by atoms with Gasteiger partial charge in [0.15, 0.2) is 0 Å². The first-order valence-corrected chi connectivity index (χ1v) is 4.63. The number of nitriles is 1. The Morgan fingerprint density at radius 2 is 1.79 bits per heavy atom. The molecule has 0 bridgehead atoms. The van der Waals surface area contributed by atoms with Gasteiger partial charge in [0.2, 0.25) is 0 Å². The second-order valence-corrected chi connectivity index (χ2v) is 3.16. The molecule has 0 amide bonds. The van der Waals surface area contributed by atoms with E-state index < -0.39 is 0 Å². The summed E-state index contributed by atoms with van der Waals surface area (Å²) in [4.78, 5) is 0. The van der Waals surface area contributed by atoms with E-state index in [1.54, 1.807) is 12.1 Å². The number of hydrogen-bond donors (Lipinski definition) is 0. The van der Waals surface area contributed by atoms with Crippen LogP contribution in [0.1, 0.15) is 12.0 Å². The molecule has 0 saturated carbocycles. The van der Waals surface area contributed by atoms with Gasteiger partial charge in [0, 0.05) is 13.2 Å². The van der Waals surface area contributed by atoms with Crippen molar-refractivity contribution in [1.82, 2.24) is 0 Å². The summed E-state index contributed by atoms with van der Waals surface area (Å²) in [6.07, 6.45) is 0.951. The second kappa shape index (κ2) is 4.27. The molecule has 1 heterocycles. The van der Waals surface area contributed by atoms with Crippen LogP contribution in [0.25, 0.3) is 0 Å². The Kier molecular flexibility index (Phi) is 2.83. The quantitative estimate of drug-likeness (QED) is 0.607. The summed E-state index contributed by atoms with van der Waals surface area (Å²) in [6.45, 7) is 1.48. The van der Waals surface area contributed by atoms with Crippen LogP contribution in [-0.4, -0.2) is 20.3 Å². The molecule has 1 aromatic rings. The largest absolute Gasteiger partial charge is 0.493 e. The van der Waals surface area contributed by atoms with Crippen molar-refractivity contribution in [3.05, 3.63) is 29.8 Å². The summed E-state index contributed by atoms with van der Waals surface area (Å²) in [7, 11) is -0.253. The molecule has 2 rings (SSSR count). The molecular formula is C10H10BNO2. The Hall–Kier alpha value is -1.31. The van der Waals surface area contributed by atoms with Gasteiger partial charge in [-0.3, -0.25) is 0 Å². The monoisotopic (exact) mass is 187 g/mol. The standard InChI is InChI=1S/C10H10BNO2/c12-8-9-2-4-10(5-3-9)11-13-6-1-7-14-11/h2-5H,1,6-7H2. The van der Waals surface area contributed by atoms with Gasteiger partial charge in [-0.15, -0.1) is 0 Å². The summed E-state index contributed by atoms with van der Waals surface area (Å²) in [5, 5.41) is 8.63. The molecular weight excluding hydrogens is 177 g/mol. The van der Waals surface area contributed by atoms with Crippen molar-refractivity contribution in [2.75, 3.05) is 13.2 Å². The van der Waals surface area contributed by atoms with E-state index in [0.717, 1.165) is 25.1 Å². The topological polar surface area (TPSA) is 42.2 Å². The lowest BCUT2D eigenvalue weighted by Crippen LogP contribution is -2.40. The maximum Gasteiger partial charge on any atom is 0.493 e. The molecule has 1 aliphatic heterocycles. The molecule has 0 N–H and O–H groups in total. The highest BCUT2D eigenvalue weighted by Gasteiger charge is 2.23. The third-order valence-electron chi connectivity index (χ3n) is 2.14. The van der Waals surface area contributed by atoms with Crippen LogP contribution in [0.4, 0.5) is 0 Å². The van der Waals surface area contributed by atoms with E-state index in [2.05, 4.69) is 6.07 Å². The fraction of sp³-hybridized carbons (Fsp3) is 0.300. The van der Waals surface area contributed by atoms with Crippen molar-refractivity contribution in [2.45, 2.75) is 6.42 Å². The number of nitrogens with zero attached hydrogens (tertiary/aromatic N) is 1. The Balaban J connectivity index is 2.12. The minimum atomic E-state index is -0.253. The summed E-state index contributed by atoms with van der Waals surface area (Å²) in [6, 6.07) is 9.36. The zero-order valence-corrected chi connectivity index (χ0v) is 7.77. The second-order valence-electron chi connectivity index (χ2n) is 3.16. The Bertz CT molecular complexity index is 338. The Morgan fingerprint density at radius 3 is 2.36 bits per heavy atom. The molecule has 0 spiro atoms. The van der Waals surface area contributed by atoms with E-state index in [1.807, 2.05) is 12.1 Å². The van der Waals surface area contributed by atoms with Gasteiger partial charge in [-0.05, 0) is 24.0 Å². The van der Waals surface area contributed by atoms with Crippen LogP contribution in [0.15, 0.2) is 24.3 Å². The van der Waals surface area contributed by atoms with Gasteiger partial charge in [-0.2, -0.15) is 5.26 Å². The smallest absolute Gasteiger partial charge is 0.407 e.